The van der Waals surface area contributed by atoms with Gasteiger partial charge < -0.3 is 10.4 Å². The van der Waals surface area contributed by atoms with Crippen LogP contribution in [0.3, 0.4) is 0 Å². The van der Waals surface area contributed by atoms with E-state index in [0.29, 0.717) is 32.4 Å². The molecule has 2 N–H and O–H groups in total. The largest absolute Gasteiger partial charge is 0.396 e. The highest BCUT2D eigenvalue weighted by atomic mass is 32.2. The van der Waals surface area contributed by atoms with Crippen molar-refractivity contribution in [2.75, 3.05) is 26.2 Å². The Balaban J connectivity index is 2.05. The fraction of sp³-hybridized carbons (Fsp3) is 0.533. The predicted octanol–water partition coefficient (Wildman–Crippen LogP) is 0.725. The highest BCUT2D eigenvalue weighted by molar-refractivity contribution is 7.89. The predicted molar refractivity (Wildman–Crippen MR) is 82.6 cm³/mol. The van der Waals surface area contributed by atoms with Crippen molar-refractivity contribution in [3.63, 3.8) is 0 Å². The van der Waals surface area contributed by atoms with Gasteiger partial charge in [-0.05, 0) is 43.5 Å². The fourth-order valence-electron chi connectivity index (χ4n) is 2.57. The van der Waals surface area contributed by atoms with Crippen LogP contribution in [0.2, 0.25) is 0 Å². The number of piperidine rings is 1. The Labute approximate surface area is 135 Å². The minimum atomic E-state index is -3.72. The Hall–Kier alpha value is -1.51. The zero-order valence-corrected chi connectivity index (χ0v) is 13.6. The van der Waals surface area contributed by atoms with E-state index in [4.69, 9.17) is 5.11 Å². The maximum atomic E-state index is 13.0. The number of carbonyl (C=O) groups is 1. The lowest BCUT2D eigenvalue weighted by molar-refractivity contribution is -0.126. The molecule has 0 saturated carbocycles. The molecule has 1 amide bonds. The van der Waals surface area contributed by atoms with Crippen molar-refractivity contribution in [3.8, 4) is 0 Å². The Bertz CT molecular complexity index is 633. The number of hydrogen-bond donors (Lipinski definition) is 2. The first kappa shape index (κ1) is 17.8. The van der Waals surface area contributed by atoms with E-state index in [9.17, 15) is 17.6 Å². The van der Waals surface area contributed by atoms with Crippen molar-refractivity contribution in [1.82, 2.24) is 9.62 Å². The summed E-state index contributed by atoms with van der Waals surface area (Å²) >= 11 is 0. The SMILES string of the molecule is O=C(NCCCO)[C@H]1CCCN(S(=O)(=O)c2ccc(F)cc2)C1. The molecule has 0 unspecified atom stereocenters. The van der Waals surface area contributed by atoms with Crippen LogP contribution in [-0.4, -0.2) is 50.0 Å². The van der Waals surface area contributed by atoms with Crippen molar-refractivity contribution in [3.05, 3.63) is 30.1 Å². The average molecular weight is 344 g/mol. The van der Waals surface area contributed by atoms with E-state index in [1.54, 1.807) is 0 Å². The molecule has 23 heavy (non-hydrogen) atoms. The lowest BCUT2D eigenvalue weighted by Crippen LogP contribution is -2.45. The zero-order valence-electron chi connectivity index (χ0n) is 12.7. The Kier molecular flexibility index (Phi) is 6.09. The molecule has 0 spiro atoms. The van der Waals surface area contributed by atoms with E-state index in [2.05, 4.69) is 5.32 Å². The van der Waals surface area contributed by atoms with E-state index >= 15 is 0 Å². The molecule has 1 aromatic rings. The van der Waals surface area contributed by atoms with Crippen LogP contribution < -0.4 is 5.32 Å². The van der Waals surface area contributed by atoms with Crippen molar-refractivity contribution in [2.24, 2.45) is 5.92 Å². The summed E-state index contributed by atoms with van der Waals surface area (Å²) < 4.78 is 39.4. The molecule has 2 rings (SSSR count). The standard InChI is InChI=1S/C15H21FN2O4S/c16-13-4-6-14(7-5-13)23(21,22)18-9-1-3-12(11-18)15(20)17-8-2-10-19/h4-7,12,19H,1-3,8-11H2,(H,17,20)/t12-/m0/s1. The molecule has 0 bridgehead atoms. The lowest BCUT2D eigenvalue weighted by Gasteiger charge is -2.31. The molecule has 1 fully saturated rings. The second-order valence-corrected chi connectivity index (χ2v) is 7.46. The number of halogens is 1. The van der Waals surface area contributed by atoms with Gasteiger partial charge in [0, 0.05) is 26.2 Å². The van der Waals surface area contributed by atoms with Gasteiger partial charge in [0.2, 0.25) is 15.9 Å². The van der Waals surface area contributed by atoms with Gasteiger partial charge in [0.05, 0.1) is 10.8 Å². The van der Waals surface area contributed by atoms with Gasteiger partial charge in [-0.25, -0.2) is 12.8 Å². The summed E-state index contributed by atoms with van der Waals surface area (Å²) in [5.41, 5.74) is 0. The maximum Gasteiger partial charge on any atom is 0.243 e. The van der Waals surface area contributed by atoms with Crippen molar-refractivity contribution < 1.29 is 22.7 Å². The molecule has 1 heterocycles. The number of hydrogen-bond acceptors (Lipinski definition) is 4. The van der Waals surface area contributed by atoms with Crippen LogP contribution in [-0.2, 0) is 14.8 Å². The van der Waals surface area contributed by atoms with Crippen LogP contribution in [0.1, 0.15) is 19.3 Å². The fourth-order valence-corrected chi connectivity index (χ4v) is 4.09. The number of benzene rings is 1. The summed E-state index contributed by atoms with van der Waals surface area (Å²) in [6.45, 7) is 0.831. The smallest absolute Gasteiger partial charge is 0.243 e. The van der Waals surface area contributed by atoms with Crippen LogP contribution >= 0.6 is 0 Å². The summed E-state index contributed by atoms with van der Waals surface area (Å²) in [5, 5.41) is 11.4. The molecule has 0 aromatic heterocycles. The molecular weight excluding hydrogens is 323 g/mol. The van der Waals surface area contributed by atoms with Gasteiger partial charge in [0.1, 0.15) is 5.82 Å². The summed E-state index contributed by atoms with van der Waals surface area (Å²) in [5.74, 6) is -1.10. The Morgan fingerprint density at radius 2 is 2.04 bits per heavy atom. The van der Waals surface area contributed by atoms with Crippen LogP contribution in [0.15, 0.2) is 29.2 Å². The highest BCUT2D eigenvalue weighted by Crippen LogP contribution is 2.24. The third-order valence-corrected chi connectivity index (χ3v) is 5.72. The second kappa shape index (κ2) is 7.85. The summed E-state index contributed by atoms with van der Waals surface area (Å²) in [7, 11) is -3.72. The Morgan fingerprint density at radius 3 is 2.70 bits per heavy atom. The van der Waals surface area contributed by atoms with Gasteiger partial charge in [0.25, 0.3) is 0 Å². The zero-order chi connectivity index (χ0) is 16.9. The molecule has 0 radical (unpaired) electrons. The second-order valence-electron chi connectivity index (χ2n) is 5.52. The minimum Gasteiger partial charge on any atom is -0.396 e. The van der Waals surface area contributed by atoms with E-state index in [0.717, 1.165) is 12.1 Å². The highest BCUT2D eigenvalue weighted by Gasteiger charge is 2.33. The van der Waals surface area contributed by atoms with Crippen LogP contribution in [0.4, 0.5) is 4.39 Å². The number of carbonyl (C=O) groups excluding carboxylic acids is 1. The van der Waals surface area contributed by atoms with Crippen LogP contribution in [0, 0.1) is 11.7 Å². The van der Waals surface area contributed by atoms with E-state index in [1.165, 1.54) is 16.4 Å². The van der Waals surface area contributed by atoms with Gasteiger partial charge >= 0.3 is 0 Å². The molecular formula is C15H21FN2O4S. The molecule has 1 atom stereocenters. The van der Waals surface area contributed by atoms with Crippen molar-refractivity contribution in [1.29, 1.82) is 0 Å². The van der Waals surface area contributed by atoms with E-state index in [1.807, 2.05) is 0 Å². The van der Waals surface area contributed by atoms with Gasteiger partial charge in [0.15, 0.2) is 0 Å². The third-order valence-electron chi connectivity index (χ3n) is 3.84. The summed E-state index contributed by atoms with van der Waals surface area (Å²) in [6.07, 6.45) is 1.69. The lowest BCUT2D eigenvalue weighted by atomic mass is 9.99. The number of nitrogens with zero attached hydrogens (tertiary/aromatic N) is 1. The van der Waals surface area contributed by atoms with Gasteiger partial charge in [-0.1, -0.05) is 0 Å². The van der Waals surface area contributed by atoms with Crippen molar-refractivity contribution >= 4 is 15.9 Å². The first-order valence-corrected chi connectivity index (χ1v) is 9.03. The quantitative estimate of drug-likeness (QED) is 0.745. The van der Waals surface area contributed by atoms with E-state index < -0.39 is 21.8 Å². The molecule has 0 aliphatic carbocycles. The van der Waals surface area contributed by atoms with E-state index in [-0.39, 0.29) is 24.0 Å². The third kappa shape index (κ3) is 4.49. The molecule has 6 nitrogen and oxygen atoms in total. The molecule has 1 aliphatic rings. The molecule has 8 heteroatoms. The number of aliphatic hydroxyl groups excluding tert-OH is 1. The normalized spacial score (nSPS) is 19.5. The molecule has 1 aromatic carbocycles. The first-order valence-electron chi connectivity index (χ1n) is 7.59. The van der Waals surface area contributed by atoms with Crippen molar-refractivity contribution in [2.45, 2.75) is 24.2 Å². The number of nitrogens with one attached hydrogen (secondary N) is 1. The van der Waals surface area contributed by atoms with Crippen LogP contribution in [0.25, 0.3) is 0 Å². The first-order chi connectivity index (χ1) is 10.9. The number of amides is 1. The van der Waals surface area contributed by atoms with Gasteiger partial charge in [-0.3, -0.25) is 4.79 Å². The number of rotatable bonds is 6. The maximum absolute atomic E-state index is 13.0. The monoisotopic (exact) mass is 344 g/mol. The minimum absolute atomic E-state index is 0.00395. The molecule has 1 saturated heterocycles. The topological polar surface area (TPSA) is 86.7 Å². The summed E-state index contributed by atoms with van der Waals surface area (Å²) in [6, 6.07) is 4.68. The number of sulfonamides is 1. The molecule has 128 valence electrons. The van der Waals surface area contributed by atoms with Gasteiger partial charge in [-0.2, -0.15) is 4.31 Å². The van der Waals surface area contributed by atoms with Crippen LogP contribution in [0.5, 0.6) is 0 Å². The molecule has 1 aliphatic heterocycles. The summed E-state index contributed by atoms with van der Waals surface area (Å²) in [4.78, 5) is 12.1. The Morgan fingerprint density at radius 1 is 1.35 bits per heavy atom. The van der Waals surface area contributed by atoms with Gasteiger partial charge in [-0.15, -0.1) is 0 Å². The average Bonchev–Trinajstić information content (AvgIpc) is 2.55. The number of aliphatic hydroxyl groups is 1.